The predicted octanol–water partition coefficient (Wildman–Crippen LogP) is 0.217. The average molecular weight is 380 g/mol. The van der Waals surface area contributed by atoms with E-state index < -0.39 is 0 Å². The van der Waals surface area contributed by atoms with Gasteiger partial charge in [0.25, 0.3) is 0 Å². The van der Waals surface area contributed by atoms with Crippen LogP contribution in [0.15, 0.2) is 0 Å². The van der Waals surface area contributed by atoms with Crippen molar-refractivity contribution < 1.29 is 9.59 Å². The molecule has 1 aliphatic carbocycles. The van der Waals surface area contributed by atoms with Gasteiger partial charge in [-0.2, -0.15) is 0 Å². The highest BCUT2D eigenvalue weighted by atomic mass is 16.2. The molecule has 1 saturated carbocycles. The Balaban J connectivity index is 1.32. The molecule has 0 aromatic rings. The van der Waals surface area contributed by atoms with Crippen molar-refractivity contribution in [3.63, 3.8) is 0 Å². The molecule has 7 heteroatoms. The van der Waals surface area contributed by atoms with Crippen LogP contribution in [0.3, 0.4) is 0 Å². The van der Waals surface area contributed by atoms with Gasteiger partial charge >= 0.3 is 0 Å². The number of nitrogens with one attached hydrogen (secondary N) is 1. The Bertz CT molecular complexity index is 481. The second kappa shape index (κ2) is 10.4. The minimum absolute atomic E-state index is 0.268. The molecule has 0 aromatic heterocycles. The van der Waals surface area contributed by atoms with Gasteiger partial charge in [0.05, 0.1) is 6.54 Å². The van der Waals surface area contributed by atoms with Gasteiger partial charge in [-0.15, -0.1) is 0 Å². The fraction of sp³-hybridized carbons (Fsp3) is 0.900. The molecule has 0 aromatic carbocycles. The Hall–Kier alpha value is -1.18. The van der Waals surface area contributed by atoms with Crippen molar-refractivity contribution in [2.45, 2.75) is 44.6 Å². The lowest BCUT2D eigenvalue weighted by molar-refractivity contribution is -0.134. The first-order valence-corrected chi connectivity index (χ1v) is 10.8. The molecule has 154 valence electrons. The number of likely N-dealkylation sites (N-methyl/N-ethyl adjacent to an activating group) is 1. The molecule has 0 atom stereocenters. The molecule has 0 radical (unpaired) electrons. The van der Waals surface area contributed by atoms with Crippen LogP contribution in [-0.4, -0.2) is 110 Å². The van der Waals surface area contributed by atoms with Crippen LogP contribution in [0.1, 0.15) is 38.5 Å². The van der Waals surface area contributed by atoms with Crippen molar-refractivity contribution in [2.24, 2.45) is 0 Å². The SMILES string of the molecule is CN(C(=O)CN1CCN(CCC(=O)N2CCNCC2)CC1)C1CCCCC1. The summed E-state index contributed by atoms with van der Waals surface area (Å²) in [7, 11) is 1.98. The third-order valence-electron chi connectivity index (χ3n) is 6.45. The van der Waals surface area contributed by atoms with Gasteiger partial charge in [0, 0.05) is 78.4 Å². The molecule has 1 N–H and O–H groups in total. The van der Waals surface area contributed by atoms with Crippen LogP contribution in [0.2, 0.25) is 0 Å². The maximum absolute atomic E-state index is 12.6. The second-order valence-corrected chi connectivity index (χ2v) is 8.30. The van der Waals surface area contributed by atoms with Crippen LogP contribution in [0.25, 0.3) is 0 Å². The van der Waals surface area contributed by atoms with Gasteiger partial charge in [-0.05, 0) is 12.8 Å². The van der Waals surface area contributed by atoms with Crippen molar-refractivity contribution in [2.75, 3.05) is 72.5 Å². The van der Waals surface area contributed by atoms with E-state index in [0.717, 1.165) is 71.7 Å². The van der Waals surface area contributed by atoms with Crippen molar-refractivity contribution >= 4 is 11.8 Å². The summed E-state index contributed by atoms with van der Waals surface area (Å²) in [4.78, 5) is 33.5. The summed E-state index contributed by atoms with van der Waals surface area (Å²) in [5.74, 6) is 0.549. The van der Waals surface area contributed by atoms with E-state index in [4.69, 9.17) is 0 Å². The molecular formula is C20H37N5O2. The van der Waals surface area contributed by atoms with E-state index in [2.05, 4.69) is 15.1 Å². The monoisotopic (exact) mass is 379 g/mol. The average Bonchev–Trinajstić information content (AvgIpc) is 2.73. The zero-order chi connectivity index (χ0) is 19.1. The first-order valence-electron chi connectivity index (χ1n) is 10.8. The lowest BCUT2D eigenvalue weighted by atomic mass is 9.94. The van der Waals surface area contributed by atoms with Crippen molar-refractivity contribution in [3.05, 3.63) is 0 Å². The molecule has 2 amide bonds. The largest absolute Gasteiger partial charge is 0.342 e. The quantitative estimate of drug-likeness (QED) is 0.715. The molecule has 3 fully saturated rings. The maximum atomic E-state index is 12.6. The van der Waals surface area contributed by atoms with Crippen molar-refractivity contribution in [3.8, 4) is 0 Å². The van der Waals surface area contributed by atoms with Gasteiger partial charge in [-0.25, -0.2) is 0 Å². The van der Waals surface area contributed by atoms with Crippen LogP contribution in [0.4, 0.5) is 0 Å². The van der Waals surface area contributed by atoms with Crippen molar-refractivity contribution in [1.29, 1.82) is 0 Å². The number of hydrogen-bond acceptors (Lipinski definition) is 5. The van der Waals surface area contributed by atoms with Gasteiger partial charge in [0.15, 0.2) is 0 Å². The third kappa shape index (κ3) is 6.16. The summed E-state index contributed by atoms with van der Waals surface area (Å²) in [5.41, 5.74) is 0. The van der Waals surface area contributed by atoms with E-state index in [1.807, 2.05) is 16.8 Å². The number of amides is 2. The maximum Gasteiger partial charge on any atom is 0.236 e. The smallest absolute Gasteiger partial charge is 0.236 e. The van der Waals surface area contributed by atoms with E-state index >= 15 is 0 Å². The van der Waals surface area contributed by atoms with Crippen LogP contribution in [0, 0.1) is 0 Å². The zero-order valence-corrected chi connectivity index (χ0v) is 17.0. The lowest BCUT2D eigenvalue weighted by Gasteiger charge is -2.37. The second-order valence-electron chi connectivity index (χ2n) is 8.30. The van der Waals surface area contributed by atoms with E-state index in [1.165, 1.54) is 19.3 Å². The molecule has 0 spiro atoms. The fourth-order valence-corrected chi connectivity index (χ4v) is 4.47. The number of rotatable bonds is 6. The molecule has 3 aliphatic rings. The number of carbonyl (C=O) groups excluding carboxylic acids is 2. The molecular weight excluding hydrogens is 342 g/mol. The molecule has 2 heterocycles. The minimum Gasteiger partial charge on any atom is -0.342 e. The van der Waals surface area contributed by atoms with Gasteiger partial charge in [-0.3, -0.25) is 14.5 Å². The number of piperazine rings is 2. The molecule has 3 rings (SSSR count). The van der Waals surface area contributed by atoms with E-state index in [1.54, 1.807) is 0 Å². The molecule has 27 heavy (non-hydrogen) atoms. The highest BCUT2D eigenvalue weighted by Crippen LogP contribution is 2.21. The minimum atomic E-state index is 0.268. The number of carbonyl (C=O) groups is 2. The fourth-order valence-electron chi connectivity index (χ4n) is 4.47. The van der Waals surface area contributed by atoms with E-state index in [-0.39, 0.29) is 11.8 Å². The summed E-state index contributed by atoms with van der Waals surface area (Å²) < 4.78 is 0. The van der Waals surface area contributed by atoms with E-state index in [0.29, 0.717) is 19.0 Å². The molecule has 7 nitrogen and oxygen atoms in total. The highest BCUT2D eigenvalue weighted by Gasteiger charge is 2.25. The molecule has 2 saturated heterocycles. The third-order valence-corrected chi connectivity index (χ3v) is 6.45. The van der Waals surface area contributed by atoms with Crippen LogP contribution in [0.5, 0.6) is 0 Å². The van der Waals surface area contributed by atoms with Gasteiger partial charge in [0.2, 0.25) is 11.8 Å². The lowest BCUT2D eigenvalue weighted by Crippen LogP contribution is -2.51. The Labute approximate surface area is 164 Å². The predicted molar refractivity (Wildman–Crippen MR) is 107 cm³/mol. The Morgan fingerprint density at radius 2 is 1.56 bits per heavy atom. The Morgan fingerprint density at radius 1 is 0.926 bits per heavy atom. The molecule has 2 aliphatic heterocycles. The number of hydrogen-bond donors (Lipinski definition) is 1. The highest BCUT2D eigenvalue weighted by molar-refractivity contribution is 5.78. The molecule has 0 bridgehead atoms. The summed E-state index contributed by atoms with van der Waals surface area (Å²) in [5, 5.41) is 3.28. The Kier molecular flexibility index (Phi) is 7.91. The number of nitrogens with zero attached hydrogens (tertiary/aromatic N) is 4. The molecule has 0 unspecified atom stereocenters. The topological polar surface area (TPSA) is 59.1 Å². The zero-order valence-electron chi connectivity index (χ0n) is 17.0. The summed E-state index contributed by atoms with van der Waals surface area (Å²) in [6.07, 6.45) is 6.77. The first kappa shape index (κ1) is 20.6. The Morgan fingerprint density at radius 3 is 2.22 bits per heavy atom. The van der Waals surface area contributed by atoms with E-state index in [9.17, 15) is 9.59 Å². The summed E-state index contributed by atoms with van der Waals surface area (Å²) >= 11 is 0. The standard InChI is InChI=1S/C20H37N5O2/c1-22(18-5-3-2-4-6-18)20(27)17-24-15-13-23(14-16-24)10-7-19(26)25-11-8-21-9-12-25/h18,21H,2-17H2,1H3. The van der Waals surface area contributed by atoms with Gasteiger partial charge in [-0.1, -0.05) is 19.3 Å². The van der Waals surface area contributed by atoms with Crippen LogP contribution in [-0.2, 0) is 9.59 Å². The summed E-state index contributed by atoms with van der Waals surface area (Å²) in [6, 6.07) is 0.448. The normalized spacial score (nSPS) is 23.4. The van der Waals surface area contributed by atoms with Gasteiger partial charge in [0.1, 0.15) is 0 Å². The van der Waals surface area contributed by atoms with Gasteiger partial charge < -0.3 is 20.0 Å². The summed E-state index contributed by atoms with van der Waals surface area (Å²) in [6.45, 7) is 8.63. The van der Waals surface area contributed by atoms with Crippen LogP contribution >= 0.6 is 0 Å². The van der Waals surface area contributed by atoms with Crippen LogP contribution < -0.4 is 5.32 Å². The first-order chi connectivity index (χ1) is 13.1. The van der Waals surface area contributed by atoms with Crippen molar-refractivity contribution in [1.82, 2.24) is 24.9 Å².